The number of benzene rings is 3. The van der Waals surface area contributed by atoms with Crippen LogP contribution in [0.1, 0.15) is 27.5 Å². The number of ether oxygens (including phenoxy) is 3. The number of rotatable bonds is 9. The first-order chi connectivity index (χ1) is 17.5. The van der Waals surface area contributed by atoms with Gasteiger partial charge in [0.15, 0.2) is 15.6 Å². The topological polar surface area (TPSA) is 107 Å². The molecule has 0 bridgehead atoms. The number of sulfone groups is 1. The zero-order valence-corrected chi connectivity index (χ0v) is 21.8. The van der Waals surface area contributed by atoms with E-state index in [1.165, 1.54) is 44.6 Å². The van der Waals surface area contributed by atoms with Crippen molar-refractivity contribution in [2.24, 2.45) is 0 Å². The minimum absolute atomic E-state index is 0.0152. The van der Waals surface area contributed by atoms with E-state index in [0.29, 0.717) is 33.5 Å². The summed E-state index contributed by atoms with van der Waals surface area (Å²) in [7, 11) is 0.795. The maximum Gasteiger partial charge on any atom is 0.191 e. The highest BCUT2D eigenvalue weighted by Gasteiger charge is 2.28. The number of anilines is 1. The van der Waals surface area contributed by atoms with Crippen LogP contribution < -0.4 is 19.5 Å². The van der Waals surface area contributed by atoms with Crippen molar-refractivity contribution in [3.63, 3.8) is 0 Å². The van der Waals surface area contributed by atoms with Gasteiger partial charge < -0.3 is 24.5 Å². The Balaban J connectivity index is 1.88. The molecule has 3 aromatic carbocycles. The summed E-state index contributed by atoms with van der Waals surface area (Å²) >= 11 is 0. The molecule has 1 atom stereocenters. The number of ketones is 1. The number of fused-ring (bicyclic) bond motifs is 1. The Labute approximate surface area is 214 Å². The first-order valence-corrected chi connectivity index (χ1v) is 13.1. The standard InChI is InChI=1S/C27H27FN2O6S/c1-15-8-21-22(14-29-23(21)13-24(15)35-3)27(31)26(20-7-6-16(28)9-25(20)36-4)30-17-10-18(34-2)12-19(11-17)37(5,32)33/h6-14,26,29-30H,1-5H3. The van der Waals surface area contributed by atoms with Crippen LogP contribution in [0.25, 0.3) is 10.9 Å². The molecule has 1 aromatic heterocycles. The average Bonchev–Trinajstić information content (AvgIpc) is 3.28. The van der Waals surface area contributed by atoms with E-state index in [1.807, 2.05) is 19.1 Å². The van der Waals surface area contributed by atoms with Crippen LogP contribution in [0.5, 0.6) is 17.2 Å². The molecule has 37 heavy (non-hydrogen) atoms. The molecule has 0 saturated heterocycles. The Kier molecular flexibility index (Phi) is 7.13. The minimum atomic E-state index is -3.58. The van der Waals surface area contributed by atoms with Crippen LogP contribution in [0.3, 0.4) is 0 Å². The van der Waals surface area contributed by atoms with Crippen molar-refractivity contribution >= 4 is 32.2 Å². The molecule has 4 rings (SSSR count). The Morgan fingerprint density at radius 3 is 2.35 bits per heavy atom. The van der Waals surface area contributed by atoms with Crippen molar-refractivity contribution in [2.75, 3.05) is 32.9 Å². The third-order valence-electron chi connectivity index (χ3n) is 6.09. The first kappa shape index (κ1) is 26.0. The first-order valence-electron chi connectivity index (χ1n) is 11.2. The molecule has 10 heteroatoms. The number of aromatic amines is 1. The maximum atomic E-state index is 14.1. The van der Waals surface area contributed by atoms with Crippen LogP contribution >= 0.6 is 0 Å². The van der Waals surface area contributed by atoms with Crippen molar-refractivity contribution in [3.8, 4) is 17.2 Å². The second-order valence-electron chi connectivity index (χ2n) is 8.57. The summed E-state index contributed by atoms with van der Waals surface area (Å²) in [6.45, 7) is 1.88. The van der Waals surface area contributed by atoms with E-state index < -0.39 is 21.7 Å². The number of aromatic nitrogens is 1. The van der Waals surface area contributed by atoms with Crippen LogP contribution in [0.15, 0.2) is 59.6 Å². The fourth-order valence-corrected chi connectivity index (χ4v) is 4.87. The number of hydrogen-bond acceptors (Lipinski definition) is 7. The van der Waals surface area contributed by atoms with E-state index in [2.05, 4.69) is 10.3 Å². The van der Waals surface area contributed by atoms with E-state index in [-0.39, 0.29) is 22.2 Å². The molecule has 0 spiro atoms. The minimum Gasteiger partial charge on any atom is -0.497 e. The van der Waals surface area contributed by atoms with Gasteiger partial charge in [0.05, 0.1) is 26.2 Å². The predicted molar refractivity (Wildman–Crippen MR) is 139 cm³/mol. The molecule has 2 N–H and O–H groups in total. The highest BCUT2D eigenvalue weighted by molar-refractivity contribution is 7.90. The fraction of sp³-hybridized carbons (Fsp3) is 0.222. The lowest BCUT2D eigenvalue weighted by molar-refractivity contribution is 0.0970. The average molecular weight is 527 g/mol. The summed E-state index contributed by atoms with van der Waals surface area (Å²) in [4.78, 5) is 17.2. The monoisotopic (exact) mass is 526 g/mol. The lowest BCUT2D eigenvalue weighted by atomic mass is 9.95. The summed E-state index contributed by atoms with van der Waals surface area (Å²) in [5, 5.41) is 3.81. The number of methoxy groups -OCH3 is 3. The third kappa shape index (κ3) is 5.24. The molecule has 1 heterocycles. The van der Waals surface area contributed by atoms with Crippen molar-refractivity contribution < 1.29 is 31.8 Å². The predicted octanol–water partition coefficient (Wildman–Crippen LogP) is 5.08. The van der Waals surface area contributed by atoms with Gasteiger partial charge in [-0.3, -0.25) is 4.79 Å². The van der Waals surface area contributed by atoms with Gasteiger partial charge in [0, 0.05) is 58.4 Å². The smallest absolute Gasteiger partial charge is 0.191 e. The highest BCUT2D eigenvalue weighted by atomic mass is 32.2. The van der Waals surface area contributed by atoms with Crippen LogP contribution in [0, 0.1) is 12.7 Å². The van der Waals surface area contributed by atoms with E-state index in [1.54, 1.807) is 19.4 Å². The van der Waals surface area contributed by atoms with Crippen LogP contribution in [0.4, 0.5) is 10.1 Å². The van der Waals surface area contributed by atoms with Gasteiger partial charge in [0.1, 0.15) is 29.1 Å². The second-order valence-corrected chi connectivity index (χ2v) is 10.6. The Bertz CT molecular complexity index is 1600. The van der Waals surface area contributed by atoms with Gasteiger partial charge >= 0.3 is 0 Å². The van der Waals surface area contributed by atoms with Crippen molar-refractivity contribution in [1.29, 1.82) is 0 Å². The van der Waals surface area contributed by atoms with E-state index >= 15 is 0 Å². The van der Waals surface area contributed by atoms with Gasteiger partial charge in [0.2, 0.25) is 0 Å². The molecule has 194 valence electrons. The van der Waals surface area contributed by atoms with E-state index in [0.717, 1.165) is 11.8 Å². The number of Topliss-reactive ketones (excluding diaryl/α,β-unsaturated/α-hetero) is 1. The summed E-state index contributed by atoms with van der Waals surface area (Å²) in [5.74, 6) is 0.256. The molecule has 0 radical (unpaired) electrons. The molecule has 0 aliphatic carbocycles. The molecular formula is C27H27FN2O6S. The van der Waals surface area contributed by atoms with Gasteiger partial charge in [-0.1, -0.05) is 0 Å². The van der Waals surface area contributed by atoms with Gasteiger partial charge in [-0.2, -0.15) is 0 Å². The molecule has 4 aromatic rings. The Hall–Kier alpha value is -4.05. The number of nitrogens with one attached hydrogen (secondary N) is 2. The molecule has 0 aliphatic heterocycles. The number of carbonyl (C=O) groups excluding carboxylic acids is 1. The van der Waals surface area contributed by atoms with Crippen molar-refractivity contribution in [3.05, 3.63) is 77.2 Å². The molecule has 0 saturated carbocycles. The largest absolute Gasteiger partial charge is 0.497 e. The molecular weight excluding hydrogens is 499 g/mol. The molecule has 1 unspecified atom stereocenters. The van der Waals surface area contributed by atoms with Crippen LogP contribution in [-0.2, 0) is 9.84 Å². The van der Waals surface area contributed by atoms with E-state index in [4.69, 9.17) is 14.2 Å². The van der Waals surface area contributed by atoms with Crippen LogP contribution in [-0.4, -0.2) is 46.8 Å². The Morgan fingerprint density at radius 1 is 0.973 bits per heavy atom. The van der Waals surface area contributed by atoms with Gasteiger partial charge in [0.25, 0.3) is 0 Å². The Morgan fingerprint density at radius 2 is 1.70 bits per heavy atom. The van der Waals surface area contributed by atoms with Crippen molar-refractivity contribution in [2.45, 2.75) is 17.9 Å². The maximum absolute atomic E-state index is 14.1. The zero-order valence-electron chi connectivity index (χ0n) is 21.0. The number of H-pyrrole nitrogens is 1. The number of hydrogen-bond donors (Lipinski definition) is 2. The van der Waals surface area contributed by atoms with Gasteiger partial charge in [-0.05, 0) is 42.8 Å². The summed E-state index contributed by atoms with van der Waals surface area (Å²) in [5.41, 5.74) is 2.63. The second kappa shape index (κ2) is 10.1. The lowest BCUT2D eigenvalue weighted by Gasteiger charge is -2.22. The molecule has 8 nitrogen and oxygen atoms in total. The number of halogens is 1. The molecule has 0 aliphatic rings. The van der Waals surface area contributed by atoms with Crippen LogP contribution in [0.2, 0.25) is 0 Å². The van der Waals surface area contributed by atoms with E-state index in [9.17, 15) is 17.6 Å². The fourth-order valence-electron chi connectivity index (χ4n) is 4.20. The van der Waals surface area contributed by atoms with Gasteiger partial charge in [-0.15, -0.1) is 0 Å². The molecule has 0 fully saturated rings. The summed E-state index contributed by atoms with van der Waals surface area (Å²) in [6.07, 6.45) is 2.68. The molecule has 0 amide bonds. The SMILES string of the molecule is COc1cc(NC(C(=O)c2c[nH]c3cc(OC)c(C)cc23)c2ccc(F)cc2OC)cc(S(C)(=O)=O)c1. The van der Waals surface area contributed by atoms with Gasteiger partial charge in [-0.25, -0.2) is 12.8 Å². The summed E-state index contributed by atoms with van der Waals surface area (Å²) in [6, 6.07) is 10.9. The summed E-state index contributed by atoms with van der Waals surface area (Å²) < 4.78 is 54.6. The van der Waals surface area contributed by atoms with Crippen molar-refractivity contribution in [1.82, 2.24) is 4.98 Å². The zero-order chi connectivity index (χ0) is 26.9. The lowest BCUT2D eigenvalue weighted by Crippen LogP contribution is -2.22. The number of carbonyl (C=O) groups is 1. The normalized spacial score (nSPS) is 12.3. The quantitative estimate of drug-likeness (QED) is 0.293. The third-order valence-corrected chi connectivity index (χ3v) is 7.18. The number of aryl methyl sites for hydroxylation is 1. The highest BCUT2D eigenvalue weighted by Crippen LogP contribution is 2.36.